The number of rotatable bonds is 6. The molecule has 1 saturated carbocycles. The fourth-order valence-corrected chi connectivity index (χ4v) is 2.81. The van der Waals surface area contributed by atoms with E-state index in [2.05, 4.69) is 12.2 Å². The molecule has 2 rings (SSSR count). The molecule has 1 aliphatic rings. The van der Waals surface area contributed by atoms with E-state index in [0.717, 1.165) is 25.7 Å². The average molecular weight is 289 g/mol. The SMILES string of the molecule is CCCCc1ccc(C(=O)N[C@H]2CC[C@@H](C(=O)O)C2)cc1. The lowest BCUT2D eigenvalue weighted by molar-refractivity contribution is -0.141. The van der Waals surface area contributed by atoms with Crippen LogP contribution in [0.5, 0.6) is 0 Å². The maximum absolute atomic E-state index is 12.1. The quantitative estimate of drug-likeness (QED) is 0.846. The van der Waals surface area contributed by atoms with Crippen molar-refractivity contribution in [1.82, 2.24) is 5.32 Å². The van der Waals surface area contributed by atoms with Crippen LogP contribution in [-0.4, -0.2) is 23.0 Å². The van der Waals surface area contributed by atoms with E-state index < -0.39 is 5.97 Å². The van der Waals surface area contributed by atoms with Gasteiger partial charge in [0.2, 0.25) is 0 Å². The van der Waals surface area contributed by atoms with Crippen molar-refractivity contribution in [3.05, 3.63) is 35.4 Å². The van der Waals surface area contributed by atoms with Crippen LogP contribution in [-0.2, 0) is 11.2 Å². The standard InChI is InChI=1S/C17H23NO3/c1-2-3-4-12-5-7-13(8-6-12)16(19)18-15-10-9-14(11-15)17(20)21/h5-8,14-15H,2-4,9-11H2,1H3,(H,18,19)(H,20,21)/t14-,15+/m1/s1. The van der Waals surface area contributed by atoms with Gasteiger partial charge in [0.05, 0.1) is 5.92 Å². The Balaban J connectivity index is 1.87. The van der Waals surface area contributed by atoms with Crippen LogP contribution < -0.4 is 5.32 Å². The predicted octanol–water partition coefficient (Wildman–Crippen LogP) is 3.01. The Morgan fingerprint density at radius 2 is 1.95 bits per heavy atom. The van der Waals surface area contributed by atoms with Crippen LogP contribution in [0.4, 0.5) is 0 Å². The predicted molar refractivity (Wildman–Crippen MR) is 81.3 cm³/mol. The third-order valence-electron chi connectivity index (χ3n) is 4.15. The summed E-state index contributed by atoms with van der Waals surface area (Å²) in [6.07, 6.45) is 5.29. The van der Waals surface area contributed by atoms with E-state index in [9.17, 15) is 9.59 Å². The molecule has 0 bridgehead atoms. The van der Waals surface area contributed by atoms with Crippen molar-refractivity contribution < 1.29 is 14.7 Å². The Kier molecular flexibility index (Phi) is 5.37. The van der Waals surface area contributed by atoms with Gasteiger partial charge in [-0.15, -0.1) is 0 Å². The van der Waals surface area contributed by atoms with Crippen molar-refractivity contribution in [3.8, 4) is 0 Å². The second kappa shape index (κ2) is 7.25. The number of carbonyl (C=O) groups is 2. The Hall–Kier alpha value is -1.84. The molecule has 0 saturated heterocycles. The first kappa shape index (κ1) is 15.5. The number of carbonyl (C=O) groups excluding carboxylic acids is 1. The molecule has 4 nitrogen and oxygen atoms in total. The Morgan fingerprint density at radius 3 is 2.52 bits per heavy atom. The molecule has 0 spiro atoms. The number of benzene rings is 1. The summed E-state index contributed by atoms with van der Waals surface area (Å²) in [6.45, 7) is 2.16. The molecule has 1 aromatic carbocycles. The van der Waals surface area contributed by atoms with Gasteiger partial charge in [0.1, 0.15) is 0 Å². The monoisotopic (exact) mass is 289 g/mol. The highest BCUT2D eigenvalue weighted by molar-refractivity contribution is 5.94. The molecule has 1 amide bonds. The number of aliphatic carboxylic acids is 1. The molecule has 0 radical (unpaired) electrons. The number of amides is 1. The summed E-state index contributed by atoms with van der Waals surface area (Å²) in [5, 5.41) is 11.9. The summed E-state index contributed by atoms with van der Waals surface area (Å²) in [5.74, 6) is -1.17. The smallest absolute Gasteiger partial charge is 0.306 e. The van der Waals surface area contributed by atoms with E-state index in [0.29, 0.717) is 18.4 Å². The highest BCUT2D eigenvalue weighted by Crippen LogP contribution is 2.25. The average Bonchev–Trinajstić information content (AvgIpc) is 2.94. The summed E-state index contributed by atoms with van der Waals surface area (Å²) in [7, 11) is 0. The molecule has 4 heteroatoms. The van der Waals surface area contributed by atoms with Gasteiger partial charge in [-0.1, -0.05) is 25.5 Å². The van der Waals surface area contributed by atoms with Crippen LogP contribution in [0.3, 0.4) is 0 Å². The zero-order valence-corrected chi connectivity index (χ0v) is 12.5. The molecule has 0 heterocycles. The van der Waals surface area contributed by atoms with Crippen molar-refractivity contribution >= 4 is 11.9 Å². The molecule has 114 valence electrons. The maximum atomic E-state index is 12.1. The van der Waals surface area contributed by atoms with E-state index in [1.54, 1.807) is 0 Å². The summed E-state index contributed by atoms with van der Waals surface area (Å²) < 4.78 is 0. The van der Waals surface area contributed by atoms with Crippen LogP contribution in [0.25, 0.3) is 0 Å². The minimum atomic E-state index is -0.757. The Bertz CT molecular complexity index is 495. The van der Waals surface area contributed by atoms with E-state index in [1.807, 2.05) is 24.3 Å². The molecule has 1 aliphatic carbocycles. The molecule has 0 aliphatic heterocycles. The van der Waals surface area contributed by atoms with Gasteiger partial charge in [0.15, 0.2) is 0 Å². The van der Waals surface area contributed by atoms with Crippen molar-refractivity contribution in [2.75, 3.05) is 0 Å². The van der Waals surface area contributed by atoms with Crippen molar-refractivity contribution in [3.63, 3.8) is 0 Å². The summed E-state index contributed by atoms with van der Waals surface area (Å²) >= 11 is 0. The van der Waals surface area contributed by atoms with Gasteiger partial charge in [0.25, 0.3) is 5.91 Å². The maximum Gasteiger partial charge on any atom is 0.306 e. The molecule has 2 atom stereocenters. The zero-order valence-electron chi connectivity index (χ0n) is 12.5. The number of aryl methyl sites for hydroxylation is 1. The fraction of sp³-hybridized carbons (Fsp3) is 0.529. The lowest BCUT2D eigenvalue weighted by Crippen LogP contribution is -2.33. The van der Waals surface area contributed by atoms with E-state index in [1.165, 1.54) is 5.56 Å². The third-order valence-corrected chi connectivity index (χ3v) is 4.15. The number of hydrogen-bond donors (Lipinski definition) is 2. The summed E-state index contributed by atoms with van der Waals surface area (Å²) in [5.41, 5.74) is 1.90. The second-order valence-corrected chi connectivity index (χ2v) is 5.82. The van der Waals surface area contributed by atoms with E-state index >= 15 is 0 Å². The van der Waals surface area contributed by atoms with Gasteiger partial charge >= 0.3 is 5.97 Å². The molecule has 0 unspecified atom stereocenters. The molecule has 2 N–H and O–H groups in total. The molecule has 21 heavy (non-hydrogen) atoms. The highest BCUT2D eigenvalue weighted by atomic mass is 16.4. The molecule has 1 fully saturated rings. The first-order valence-corrected chi connectivity index (χ1v) is 7.72. The lowest BCUT2D eigenvalue weighted by atomic mass is 10.1. The minimum absolute atomic E-state index is 0.0154. The van der Waals surface area contributed by atoms with E-state index in [4.69, 9.17) is 5.11 Å². The van der Waals surface area contributed by atoms with Gasteiger partial charge < -0.3 is 10.4 Å². The zero-order chi connectivity index (χ0) is 15.2. The number of nitrogens with one attached hydrogen (secondary N) is 1. The first-order chi connectivity index (χ1) is 10.1. The largest absolute Gasteiger partial charge is 0.481 e. The van der Waals surface area contributed by atoms with Crippen LogP contribution in [0, 0.1) is 5.92 Å². The van der Waals surface area contributed by atoms with E-state index in [-0.39, 0.29) is 17.9 Å². The van der Waals surface area contributed by atoms with Gasteiger partial charge in [-0.25, -0.2) is 0 Å². The Labute approximate surface area is 125 Å². The topological polar surface area (TPSA) is 66.4 Å². The van der Waals surface area contributed by atoms with Crippen molar-refractivity contribution in [1.29, 1.82) is 0 Å². The second-order valence-electron chi connectivity index (χ2n) is 5.82. The van der Waals surface area contributed by atoms with Crippen LogP contribution in [0.15, 0.2) is 24.3 Å². The number of carboxylic acid groups (broad SMARTS) is 1. The number of hydrogen-bond acceptors (Lipinski definition) is 2. The van der Waals surface area contributed by atoms with Crippen LogP contribution in [0.1, 0.15) is 54.9 Å². The minimum Gasteiger partial charge on any atom is -0.481 e. The third kappa shape index (κ3) is 4.31. The highest BCUT2D eigenvalue weighted by Gasteiger charge is 2.30. The molecular weight excluding hydrogens is 266 g/mol. The van der Waals surface area contributed by atoms with Gasteiger partial charge in [-0.05, 0) is 49.8 Å². The molecule has 0 aromatic heterocycles. The van der Waals surface area contributed by atoms with Gasteiger partial charge in [-0.2, -0.15) is 0 Å². The van der Waals surface area contributed by atoms with Crippen LogP contribution >= 0.6 is 0 Å². The van der Waals surface area contributed by atoms with Crippen molar-refractivity contribution in [2.45, 2.75) is 51.5 Å². The lowest BCUT2D eigenvalue weighted by Gasteiger charge is -2.12. The first-order valence-electron chi connectivity index (χ1n) is 7.72. The van der Waals surface area contributed by atoms with Gasteiger partial charge in [-0.3, -0.25) is 9.59 Å². The van der Waals surface area contributed by atoms with Crippen molar-refractivity contribution in [2.24, 2.45) is 5.92 Å². The summed E-state index contributed by atoms with van der Waals surface area (Å²) in [4.78, 5) is 23.1. The number of unbranched alkanes of at least 4 members (excludes halogenated alkanes) is 1. The normalized spacial score (nSPS) is 21.2. The number of carboxylic acids is 1. The molecule has 1 aromatic rings. The molecular formula is C17H23NO3. The van der Waals surface area contributed by atoms with Gasteiger partial charge in [0, 0.05) is 11.6 Å². The Morgan fingerprint density at radius 1 is 1.24 bits per heavy atom. The fourth-order valence-electron chi connectivity index (χ4n) is 2.81. The summed E-state index contributed by atoms with van der Waals surface area (Å²) in [6, 6.07) is 7.69. The van der Waals surface area contributed by atoms with Crippen LogP contribution in [0.2, 0.25) is 0 Å².